The summed E-state index contributed by atoms with van der Waals surface area (Å²) in [6.07, 6.45) is 3.65. The predicted molar refractivity (Wildman–Crippen MR) is 108 cm³/mol. The third-order valence-electron chi connectivity index (χ3n) is 5.05. The summed E-state index contributed by atoms with van der Waals surface area (Å²) in [5, 5.41) is 6.98. The van der Waals surface area contributed by atoms with Crippen LogP contribution in [0.15, 0.2) is 23.2 Å². The Labute approximate surface area is 154 Å². The van der Waals surface area contributed by atoms with Gasteiger partial charge in [-0.1, -0.05) is 29.3 Å². The number of guanidine groups is 1. The maximum Gasteiger partial charge on any atom is 0.190 e. The molecule has 2 N–H and O–H groups in total. The van der Waals surface area contributed by atoms with Gasteiger partial charge in [0.15, 0.2) is 5.96 Å². The SMILES string of the molecule is CN=C(NCCc1cc(C)cc(C)c1)NCC1CCCN(C(C)C)C1. The minimum Gasteiger partial charge on any atom is -0.356 e. The molecule has 1 aromatic carbocycles. The Morgan fingerprint density at radius 1 is 1.20 bits per heavy atom. The molecule has 4 nitrogen and oxygen atoms in total. The number of piperidine rings is 1. The van der Waals surface area contributed by atoms with Crippen molar-refractivity contribution in [3.05, 3.63) is 34.9 Å². The Morgan fingerprint density at radius 2 is 1.92 bits per heavy atom. The number of aryl methyl sites for hydroxylation is 2. The predicted octanol–water partition coefficient (Wildman–Crippen LogP) is 3.13. The molecule has 0 spiro atoms. The van der Waals surface area contributed by atoms with Crippen molar-refractivity contribution in [2.45, 2.75) is 53.0 Å². The summed E-state index contributed by atoms with van der Waals surface area (Å²) in [4.78, 5) is 6.96. The van der Waals surface area contributed by atoms with Crippen LogP contribution in [0.5, 0.6) is 0 Å². The van der Waals surface area contributed by atoms with Gasteiger partial charge < -0.3 is 15.5 Å². The number of hydrogen-bond acceptors (Lipinski definition) is 2. The Morgan fingerprint density at radius 3 is 2.56 bits per heavy atom. The maximum atomic E-state index is 4.37. The zero-order valence-electron chi connectivity index (χ0n) is 16.7. The Bertz CT molecular complexity index is 545. The molecule has 25 heavy (non-hydrogen) atoms. The first-order chi connectivity index (χ1) is 12.0. The Hall–Kier alpha value is -1.55. The van der Waals surface area contributed by atoms with Gasteiger partial charge in [-0.2, -0.15) is 0 Å². The molecule has 4 heteroatoms. The van der Waals surface area contributed by atoms with Crippen molar-refractivity contribution in [2.24, 2.45) is 10.9 Å². The van der Waals surface area contributed by atoms with Gasteiger partial charge in [0.1, 0.15) is 0 Å². The lowest BCUT2D eigenvalue weighted by molar-refractivity contribution is 0.141. The van der Waals surface area contributed by atoms with E-state index in [0.29, 0.717) is 12.0 Å². The highest BCUT2D eigenvalue weighted by molar-refractivity contribution is 5.79. The van der Waals surface area contributed by atoms with E-state index in [1.807, 2.05) is 7.05 Å². The molecule has 1 atom stereocenters. The van der Waals surface area contributed by atoms with Gasteiger partial charge in [0.25, 0.3) is 0 Å². The van der Waals surface area contributed by atoms with Crippen LogP contribution in [0.25, 0.3) is 0 Å². The highest BCUT2D eigenvalue weighted by Gasteiger charge is 2.21. The van der Waals surface area contributed by atoms with Crippen LogP contribution < -0.4 is 10.6 Å². The van der Waals surface area contributed by atoms with Gasteiger partial charge in [0.05, 0.1) is 0 Å². The third-order valence-corrected chi connectivity index (χ3v) is 5.05. The number of likely N-dealkylation sites (tertiary alicyclic amines) is 1. The lowest BCUT2D eigenvalue weighted by Gasteiger charge is -2.35. The monoisotopic (exact) mass is 344 g/mol. The second-order valence-electron chi connectivity index (χ2n) is 7.72. The molecule has 0 aliphatic carbocycles. The van der Waals surface area contributed by atoms with Crippen LogP contribution >= 0.6 is 0 Å². The summed E-state index contributed by atoms with van der Waals surface area (Å²) < 4.78 is 0. The lowest BCUT2D eigenvalue weighted by Crippen LogP contribution is -2.46. The van der Waals surface area contributed by atoms with E-state index < -0.39 is 0 Å². The fourth-order valence-electron chi connectivity index (χ4n) is 3.73. The fraction of sp³-hybridized carbons (Fsp3) is 0.667. The Balaban J connectivity index is 1.73. The van der Waals surface area contributed by atoms with E-state index in [1.54, 1.807) is 0 Å². The normalized spacial score (nSPS) is 19.3. The summed E-state index contributed by atoms with van der Waals surface area (Å²) in [6.45, 7) is 13.3. The molecule has 1 heterocycles. The van der Waals surface area contributed by atoms with E-state index in [9.17, 15) is 0 Å². The first kappa shape index (κ1) is 19.8. The van der Waals surface area contributed by atoms with Crippen LogP contribution in [0.1, 0.15) is 43.4 Å². The minimum absolute atomic E-state index is 0.651. The molecule has 0 radical (unpaired) electrons. The third kappa shape index (κ3) is 6.69. The van der Waals surface area contributed by atoms with E-state index >= 15 is 0 Å². The highest BCUT2D eigenvalue weighted by atomic mass is 15.2. The molecule has 1 saturated heterocycles. The summed E-state index contributed by atoms with van der Waals surface area (Å²) >= 11 is 0. The van der Waals surface area contributed by atoms with E-state index in [4.69, 9.17) is 0 Å². The molecule has 1 fully saturated rings. The summed E-state index contributed by atoms with van der Waals surface area (Å²) in [6, 6.07) is 7.42. The number of rotatable bonds is 6. The average Bonchev–Trinajstić information content (AvgIpc) is 2.57. The molecular formula is C21H36N4. The van der Waals surface area contributed by atoms with E-state index in [2.05, 4.69) is 66.4 Å². The van der Waals surface area contributed by atoms with Crippen molar-refractivity contribution in [3.63, 3.8) is 0 Å². The molecule has 0 aromatic heterocycles. The molecule has 0 bridgehead atoms. The number of nitrogens with one attached hydrogen (secondary N) is 2. The molecule has 1 unspecified atom stereocenters. The number of aliphatic imine (C=N–C) groups is 1. The largest absolute Gasteiger partial charge is 0.356 e. The standard InChI is InChI=1S/C21H36N4/c1-16(2)25-10-6-7-20(15-25)14-24-21(22-5)23-9-8-19-12-17(3)11-18(4)13-19/h11-13,16,20H,6-10,14-15H2,1-5H3,(H2,22,23,24). The second kappa shape index (κ2) is 9.81. The minimum atomic E-state index is 0.651. The van der Waals surface area contributed by atoms with Crippen molar-refractivity contribution in [2.75, 3.05) is 33.2 Å². The average molecular weight is 345 g/mol. The van der Waals surface area contributed by atoms with E-state index in [0.717, 1.165) is 25.5 Å². The van der Waals surface area contributed by atoms with Crippen molar-refractivity contribution in [3.8, 4) is 0 Å². The van der Waals surface area contributed by atoms with Gasteiger partial charge in [0.2, 0.25) is 0 Å². The van der Waals surface area contributed by atoms with Crippen LogP contribution in [-0.2, 0) is 6.42 Å². The molecular weight excluding hydrogens is 308 g/mol. The van der Waals surface area contributed by atoms with Crippen molar-refractivity contribution < 1.29 is 0 Å². The highest BCUT2D eigenvalue weighted by Crippen LogP contribution is 2.17. The zero-order valence-corrected chi connectivity index (χ0v) is 16.7. The first-order valence-corrected chi connectivity index (χ1v) is 9.73. The fourth-order valence-corrected chi connectivity index (χ4v) is 3.73. The summed E-state index contributed by atoms with van der Waals surface area (Å²) in [5.74, 6) is 1.64. The van der Waals surface area contributed by atoms with Gasteiger partial charge in [-0.25, -0.2) is 0 Å². The zero-order chi connectivity index (χ0) is 18.2. The number of benzene rings is 1. The van der Waals surface area contributed by atoms with Gasteiger partial charge in [0, 0.05) is 32.7 Å². The van der Waals surface area contributed by atoms with Gasteiger partial charge in [-0.3, -0.25) is 4.99 Å². The lowest BCUT2D eigenvalue weighted by atomic mass is 9.97. The Kier molecular flexibility index (Phi) is 7.76. The first-order valence-electron chi connectivity index (χ1n) is 9.73. The smallest absolute Gasteiger partial charge is 0.190 e. The molecule has 140 valence electrons. The van der Waals surface area contributed by atoms with Gasteiger partial charge in [-0.15, -0.1) is 0 Å². The summed E-state index contributed by atoms with van der Waals surface area (Å²) in [5.41, 5.74) is 4.06. The van der Waals surface area contributed by atoms with Gasteiger partial charge >= 0.3 is 0 Å². The molecule has 1 aliphatic rings. The van der Waals surface area contributed by atoms with Crippen LogP contribution in [0.3, 0.4) is 0 Å². The second-order valence-corrected chi connectivity index (χ2v) is 7.72. The molecule has 0 amide bonds. The quantitative estimate of drug-likeness (QED) is 0.615. The maximum absolute atomic E-state index is 4.37. The molecule has 1 aliphatic heterocycles. The summed E-state index contributed by atoms with van der Waals surface area (Å²) in [7, 11) is 1.85. The number of hydrogen-bond donors (Lipinski definition) is 2. The molecule has 2 rings (SSSR count). The molecule has 0 saturated carbocycles. The van der Waals surface area contributed by atoms with E-state index in [-0.39, 0.29) is 0 Å². The number of nitrogens with zero attached hydrogens (tertiary/aromatic N) is 2. The topological polar surface area (TPSA) is 39.7 Å². The van der Waals surface area contributed by atoms with Crippen molar-refractivity contribution in [1.29, 1.82) is 0 Å². The van der Waals surface area contributed by atoms with Crippen LogP contribution in [0, 0.1) is 19.8 Å². The van der Waals surface area contributed by atoms with Crippen LogP contribution in [-0.4, -0.2) is 50.1 Å². The van der Waals surface area contributed by atoms with E-state index in [1.165, 1.54) is 42.6 Å². The molecule has 1 aromatic rings. The van der Waals surface area contributed by atoms with Gasteiger partial charge in [-0.05, 0) is 65.0 Å². The van der Waals surface area contributed by atoms with Crippen LogP contribution in [0.2, 0.25) is 0 Å². The van der Waals surface area contributed by atoms with Crippen LogP contribution in [0.4, 0.5) is 0 Å². The van der Waals surface area contributed by atoms with Crippen molar-refractivity contribution in [1.82, 2.24) is 15.5 Å². The van der Waals surface area contributed by atoms with Crippen molar-refractivity contribution >= 4 is 5.96 Å².